The van der Waals surface area contributed by atoms with Crippen molar-refractivity contribution in [3.63, 3.8) is 0 Å². The van der Waals surface area contributed by atoms with Crippen molar-refractivity contribution < 1.29 is 4.74 Å². The summed E-state index contributed by atoms with van der Waals surface area (Å²) in [4.78, 5) is 0. The molecule has 0 aromatic carbocycles. The van der Waals surface area contributed by atoms with E-state index >= 15 is 0 Å². The van der Waals surface area contributed by atoms with Gasteiger partial charge >= 0.3 is 0 Å². The van der Waals surface area contributed by atoms with Crippen molar-refractivity contribution in [3.8, 4) is 0 Å². The molecule has 70 valence electrons. The zero-order chi connectivity index (χ0) is 8.39. The maximum Gasteiger partial charge on any atom is 0.0620 e. The standard InChI is InChI=1S/C9H17NOS/c1-7-5-12-6-9(7)10-8-2-3-11-4-8/h7-10H,2-6H2,1H3. The fourth-order valence-electron chi connectivity index (χ4n) is 1.84. The van der Waals surface area contributed by atoms with Crippen LogP contribution in [0.3, 0.4) is 0 Å². The van der Waals surface area contributed by atoms with Crippen LogP contribution in [0.4, 0.5) is 0 Å². The van der Waals surface area contributed by atoms with E-state index < -0.39 is 0 Å². The predicted octanol–water partition coefficient (Wildman–Crippen LogP) is 1.12. The van der Waals surface area contributed by atoms with Gasteiger partial charge in [-0.1, -0.05) is 6.92 Å². The van der Waals surface area contributed by atoms with Gasteiger partial charge in [0, 0.05) is 24.4 Å². The minimum Gasteiger partial charge on any atom is -0.380 e. The first-order valence-electron chi connectivity index (χ1n) is 4.78. The van der Waals surface area contributed by atoms with Crippen LogP contribution in [0.25, 0.3) is 0 Å². The lowest BCUT2D eigenvalue weighted by Crippen LogP contribution is -2.41. The van der Waals surface area contributed by atoms with Crippen molar-refractivity contribution in [1.82, 2.24) is 5.32 Å². The van der Waals surface area contributed by atoms with Gasteiger partial charge in [0.1, 0.15) is 0 Å². The van der Waals surface area contributed by atoms with E-state index in [1.54, 1.807) is 0 Å². The molecule has 2 rings (SSSR count). The molecule has 0 aromatic rings. The van der Waals surface area contributed by atoms with Crippen LogP contribution in [0.5, 0.6) is 0 Å². The molecule has 0 aromatic heterocycles. The third-order valence-corrected chi connectivity index (χ3v) is 4.10. The molecular formula is C9H17NOS. The first kappa shape index (κ1) is 8.85. The second-order valence-corrected chi connectivity index (χ2v) is 4.92. The molecule has 2 aliphatic rings. The summed E-state index contributed by atoms with van der Waals surface area (Å²) < 4.78 is 5.33. The lowest BCUT2D eigenvalue weighted by Gasteiger charge is -2.20. The van der Waals surface area contributed by atoms with Gasteiger partial charge in [-0.2, -0.15) is 11.8 Å². The van der Waals surface area contributed by atoms with Gasteiger partial charge in [-0.15, -0.1) is 0 Å². The van der Waals surface area contributed by atoms with E-state index in [0.717, 1.165) is 25.2 Å². The van der Waals surface area contributed by atoms with Gasteiger partial charge in [-0.05, 0) is 18.1 Å². The minimum atomic E-state index is 0.635. The third kappa shape index (κ3) is 1.95. The van der Waals surface area contributed by atoms with Crippen molar-refractivity contribution >= 4 is 11.8 Å². The largest absolute Gasteiger partial charge is 0.380 e. The first-order valence-corrected chi connectivity index (χ1v) is 5.93. The van der Waals surface area contributed by atoms with Gasteiger partial charge in [0.25, 0.3) is 0 Å². The molecule has 12 heavy (non-hydrogen) atoms. The van der Waals surface area contributed by atoms with Crippen LogP contribution in [0, 0.1) is 5.92 Å². The molecule has 1 N–H and O–H groups in total. The first-order chi connectivity index (χ1) is 5.86. The Morgan fingerprint density at radius 2 is 2.33 bits per heavy atom. The number of thioether (sulfide) groups is 1. The number of hydrogen-bond donors (Lipinski definition) is 1. The van der Waals surface area contributed by atoms with Gasteiger partial charge in [0.05, 0.1) is 6.61 Å². The van der Waals surface area contributed by atoms with E-state index in [1.165, 1.54) is 17.9 Å². The lowest BCUT2D eigenvalue weighted by atomic mass is 10.1. The number of nitrogens with one attached hydrogen (secondary N) is 1. The Balaban J connectivity index is 1.77. The van der Waals surface area contributed by atoms with E-state index in [9.17, 15) is 0 Å². The average Bonchev–Trinajstić information content (AvgIpc) is 2.65. The number of hydrogen-bond acceptors (Lipinski definition) is 3. The van der Waals surface area contributed by atoms with Gasteiger partial charge in [0.15, 0.2) is 0 Å². The van der Waals surface area contributed by atoms with Crippen molar-refractivity contribution in [1.29, 1.82) is 0 Å². The highest BCUT2D eigenvalue weighted by atomic mass is 32.2. The fourth-order valence-corrected chi connectivity index (χ4v) is 3.26. The lowest BCUT2D eigenvalue weighted by molar-refractivity contribution is 0.187. The van der Waals surface area contributed by atoms with Gasteiger partial charge in [-0.3, -0.25) is 0 Å². The molecule has 2 aliphatic heterocycles. The van der Waals surface area contributed by atoms with Crippen LogP contribution < -0.4 is 5.32 Å². The predicted molar refractivity (Wildman–Crippen MR) is 52.6 cm³/mol. The highest BCUT2D eigenvalue weighted by molar-refractivity contribution is 7.99. The SMILES string of the molecule is CC1CSCC1NC1CCOC1. The van der Waals surface area contributed by atoms with Gasteiger partial charge in [0.2, 0.25) is 0 Å². The molecule has 0 radical (unpaired) electrons. The van der Waals surface area contributed by atoms with E-state index in [-0.39, 0.29) is 0 Å². The summed E-state index contributed by atoms with van der Waals surface area (Å²) >= 11 is 2.07. The average molecular weight is 187 g/mol. The number of rotatable bonds is 2. The Labute approximate surface area is 78.4 Å². The summed E-state index contributed by atoms with van der Waals surface area (Å²) in [6, 6.07) is 1.37. The minimum absolute atomic E-state index is 0.635. The van der Waals surface area contributed by atoms with Gasteiger partial charge < -0.3 is 10.1 Å². The zero-order valence-electron chi connectivity index (χ0n) is 7.58. The summed E-state index contributed by atoms with van der Waals surface area (Å²) in [6.07, 6.45) is 1.20. The molecular weight excluding hydrogens is 170 g/mol. The highest BCUT2D eigenvalue weighted by Gasteiger charge is 2.27. The number of ether oxygens (including phenoxy) is 1. The van der Waals surface area contributed by atoms with Crippen LogP contribution in [0.2, 0.25) is 0 Å². The molecule has 3 unspecified atom stereocenters. The Morgan fingerprint density at radius 1 is 1.42 bits per heavy atom. The van der Waals surface area contributed by atoms with E-state index in [2.05, 4.69) is 24.0 Å². The molecule has 2 heterocycles. The molecule has 0 aliphatic carbocycles. The van der Waals surface area contributed by atoms with Gasteiger partial charge in [-0.25, -0.2) is 0 Å². The summed E-state index contributed by atoms with van der Waals surface area (Å²) in [5.41, 5.74) is 0. The van der Waals surface area contributed by atoms with E-state index in [4.69, 9.17) is 4.74 Å². The molecule has 0 amide bonds. The summed E-state index contributed by atoms with van der Waals surface area (Å²) in [5.74, 6) is 3.46. The maximum atomic E-state index is 5.33. The fraction of sp³-hybridized carbons (Fsp3) is 1.00. The molecule has 2 fully saturated rings. The second-order valence-electron chi connectivity index (χ2n) is 3.85. The summed E-state index contributed by atoms with van der Waals surface area (Å²) in [6.45, 7) is 4.22. The zero-order valence-corrected chi connectivity index (χ0v) is 8.40. The molecule has 0 bridgehead atoms. The summed E-state index contributed by atoms with van der Waals surface area (Å²) in [7, 11) is 0. The quantitative estimate of drug-likeness (QED) is 0.700. The van der Waals surface area contributed by atoms with E-state index in [1.807, 2.05) is 0 Å². The Bertz CT molecular complexity index is 147. The summed E-state index contributed by atoms with van der Waals surface area (Å²) in [5, 5.41) is 3.68. The molecule has 2 saturated heterocycles. The van der Waals surface area contributed by atoms with Crippen LogP contribution in [0.15, 0.2) is 0 Å². The van der Waals surface area contributed by atoms with Crippen molar-refractivity contribution in [3.05, 3.63) is 0 Å². The monoisotopic (exact) mass is 187 g/mol. The van der Waals surface area contributed by atoms with Crippen LogP contribution in [-0.2, 0) is 4.74 Å². The second kappa shape index (κ2) is 3.99. The highest BCUT2D eigenvalue weighted by Crippen LogP contribution is 2.24. The van der Waals surface area contributed by atoms with Crippen LogP contribution in [-0.4, -0.2) is 36.8 Å². The Hall–Kier alpha value is 0.270. The topological polar surface area (TPSA) is 21.3 Å². The van der Waals surface area contributed by atoms with Crippen molar-refractivity contribution in [2.45, 2.75) is 25.4 Å². The molecule has 3 heteroatoms. The van der Waals surface area contributed by atoms with E-state index in [0.29, 0.717) is 6.04 Å². The molecule has 2 nitrogen and oxygen atoms in total. The smallest absolute Gasteiger partial charge is 0.0620 e. The molecule has 0 saturated carbocycles. The van der Waals surface area contributed by atoms with Crippen molar-refractivity contribution in [2.75, 3.05) is 24.7 Å². The maximum absolute atomic E-state index is 5.33. The van der Waals surface area contributed by atoms with Crippen LogP contribution in [0.1, 0.15) is 13.3 Å². The third-order valence-electron chi connectivity index (χ3n) is 2.74. The molecule has 3 atom stereocenters. The molecule has 0 spiro atoms. The Kier molecular flexibility index (Phi) is 2.94. The Morgan fingerprint density at radius 3 is 2.92 bits per heavy atom. The normalized spacial score (nSPS) is 42.2. The van der Waals surface area contributed by atoms with Crippen molar-refractivity contribution in [2.24, 2.45) is 5.92 Å². The van der Waals surface area contributed by atoms with Crippen LogP contribution >= 0.6 is 11.8 Å².